The molecule has 0 saturated heterocycles. The first kappa shape index (κ1) is 21.8. The van der Waals surface area contributed by atoms with E-state index in [1.165, 1.54) is 12.3 Å². The average Bonchev–Trinajstić information content (AvgIpc) is 3.13. The third-order valence-electron chi connectivity index (χ3n) is 3.81. The number of thiophene rings is 1. The summed E-state index contributed by atoms with van der Waals surface area (Å²) in [4.78, 5) is 20.0. The van der Waals surface area contributed by atoms with Crippen LogP contribution < -0.4 is 11.1 Å². The number of benzene rings is 1. The van der Waals surface area contributed by atoms with E-state index >= 15 is 0 Å². The van der Waals surface area contributed by atoms with E-state index in [4.69, 9.17) is 5.73 Å². The number of carbonyl (C=O) groups excluding carboxylic acids is 1. The van der Waals surface area contributed by atoms with Gasteiger partial charge in [-0.3, -0.25) is 4.79 Å². The Morgan fingerprint density at radius 2 is 1.97 bits per heavy atom. The van der Waals surface area contributed by atoms with Crippen molar-refractivity contribution in [3.63, 3.8) is 0 Å². The normalized spacial score (nSPS) is 11.4. The Morgan fingerprint density at radius 3 is 2.59 bits per heavy atom. The number of nitrogens with one attached hydrogen (secondary N) is 1. The lowest BCUT2D eigenvalue weighted by Crippen LogP contribution is -2.24. The molecule has 29 heavy (non-hydrogen) atoms. The molecule has 3 rings (SSSR count). The van der Waals surface area contributed by atoms with Crippen molar-refractivity contribution in [3.8, 4) is 0 Å². The van der Waals surface area contributed by atoms with Crippen LogP contribution in [-0.4, -0.2) is 30.0 Å². The van der Waals surface area contributed by atoms with Gasteiger partial charge in [0.05, 0.1) is 15.7 Å². The van der Waals surface area contributed by atoms with Crippen molar-refractivity contribution in [2.24, 2.45) is 0 Å². The minimum absolute atomic E-state index is 0.0925. The Hall–Kier alpha value is -1.95. The Balaban J connectivity index is 1.60. The Morgan fingerprint density at radius 1 is 1.24 bits per heavy atom. The van der Waals surface area contributed by atoms with E-state index in [9.17, 15) is 13.2 Å². The SMILES string of the molecule is Cc1ccc(CNC(=O)CSc2ncc(S(=O)(=O)c3ccc(Br)s3)c(N)n2)cc1. The predicted octanol–water partition coefficient (Wildman–Crippen LogP) is 3.43. The van der Waals surface area contributed by atoms with Crippen LogP contribution in [0.3, 0.4) is 0 Å². The van der Waals surface area contributed by atoms with Crippen molar-refractivity contribution in [1.29, 1.82) is 0 Å². The van der Waals surface area contributed by atoms with E-state index in [0.717, 1.165) is 34.2 Å². The number of nitrogens with two attached hydrogens (primary N) is 1. The van der Waals surface area contributed by atoms with Gasteiger partial charge in [-0.25, -0.2) is 18.4 Å². The second-order valence-electron chi connectivity index (χ2n) is 6.02. The molecular weight excluding hydrogens is 496 g/mol. The number of sulfone groups is 1. The van der Waals surface area contributed by atoms with E-state index in [2.05, 4.69) is 31.2 Å². The lowest BCUT2D eigenvalue weighted by atomic mass is 10.1. The molecule has 0 aliphatic heterocycles. The molecule has 0 saturated carbocycles. The number of hydrogen-bond donors (Lipinski definition) is 2. The largest absolute Gasteiger partial charge is 0.382 e. The first-order valence-corrected chi connectivity index (χ1v) is 12.4. The first-order valence-electron chi connectivity index (χ1n) is 8.33. The van der Waals surface area contributed by atoms with Gasteiger partial charge in [0.25, 0.3) is 0 Å². The number of hydrogen-bond acceptors (Lipinski definition) is 8. The minimum Gasteiger partial charge on any atom is -0.382 e. The van der Waals surface area contributed by atoms with Gasteiger partial charge in [0.2, 0.25) is 15.7 Å². The molecule has 0 unspecified atom stereocenters. The highest BCUT2D eigenvalue weighted by Gasteiger charge is 2.24. The maximum absolute atomic E-state index is 12.6. The molecule has 152 valence electrons. The molecule has 7 nitrogen and oxygen atoms in total. The Kier molecular flexibility index (Phi) is 6.93. The summed E-state index contributed by atoms with van der Waals surface area (Å²) < 4.78 is 26.1. The van der Waals surface area contributed by atoms with Crippen LogP contribution in [-0.2, 0) is 21.2 Å². The van der Waals surface area contributed by atoms with Crippen molar-refractivity contribution >= 4 is 60.6 Å². The molecule has 1 aromatic carbocycles. The standard InChI is InChI=1S/C18H17BrN4O3S3/c1-11-2-4-12(5-3-11)8-21-15(24)10-27-18-22-9-13(17(20)23-18)29(25,26)16-7-6-14(19)28-16/h2-7,9H,8,10H2,1H3,(H,21,24)(H2,20,22,23). The fourth-order valence-corrected chi connectivity index (χ4v) is 6.33. The summed E-state index contributed by atoms with van der Waals surface area (Å²) in [6, 6.07) is 11.0. The van der Waals surface area contributed by atoms with E-state index in [1.807, 2.05) is 31.2 Å². The van der Waals surface area contributed by atoms with Gasteiger partial charge >= 0.3 is 0 Å². The van der Waals surface area contributed by atoms with Gasteiger partial charge < -0.3 is 11.1 Å². The van der Waals surface area contributed by atoms with Crippen LogP contribution in [0.1, 0.15) is 11.1 Å². The summed E-state index contributed by atoms with van der Waals surface area (Å²) in [6.07, 6.45) is 1.18. The van der Waals surface area contributed by atoms with Crippen molar-refractivity contribution in [3.05, 3.63) is 57.5 Å². The molecule has 0 bridgehead atoms. The van der Waals surface area contributed by atoms with Crippen LogP contribution >= 0.6 is 39.0 Å². The van der Waals surface area contributed by atoms with Gasteiger partial charge in [0.15, 0.2) is 5.16 Å². The quantitative estimate of drug-likeness (QED) is 0.368. The van der Waals surface area contributed by atoms with Crippen molar-refractivity contribution in [2.45, 2.75) is 27.7 Å². The van der Waals surface area contributed by atoms with E-state index < -0.39 is 9.84 Å². The number of halogens is 1. The van der Waals surface area contributed by atoms with Gasteiger partial charge in [-0.2, -0.15) is 0 Å². The molecule has 11 heteroatoms. The molecule has 3 N–H and O–H groups in total. The van der Waals surface area contributed by atoms with Crippen molar-refractivity contribution in [2.75, 3.05) is 11.5 Å². The molecule has 3 aromatic rings. The molecule has 0 spiro atoms. The molecule has 0 aliphatic carbocycles. The van der Waals surface area contributed by atoms with Crippen LogP contribution in [0.5, 0.6) is 0 Å². The van der Waals surface area contributed by atoms with Crippen LogP contribution in [0.15, 0.2) is 60.6 Å². The van der Waals surface area contributed by atoms with Gasteiger partial charge in [-0.1, -0.05) is 41.6 Å². The van der Waals surface area contributed by atoms with E-state index in [1.54, 1.807) is 6.07 Å². The number of anilines is 1. The van der Waals surface area contributed by atoms with Crippen molar-refractivity contribution in [1.82, 2.24) is 15.3 Å². The van der Waals surface area contributed by atoms with Gasteiger partial charge in [-0.15, -0.1) is 11.3 Å². The Bertz CT molecular complexity index is 1130. The second-order valence-corrected chi connectivity index (χ2v) is 11.6. The summed E-state index contributed by atoms with van der Waals surface area (Å²) >= 11 is 5.41. The third-order valence-corrected chi connectivity index (χ3v) is 8.55. The number of amides is 1. The van der Waals surface area contributed by atoms with E-state index in [0.29, 0.717) is 10.3 Å². The molecule has 0 aliphatic rings. The van der Waals surface area contributed by atoms with Crippen LogP contribution in [0.2, 0.25) is 0 Å². The zero-order valence-electron chi connectivity index (χ0n) is 15.3. The molecule has 0 radical (unpaired) electrons. The summed E-state index contributed by atoms with van der Waals surface area (Å²) in [5.74, 6) is -0.236. The number of aryl methyl sites for hydroxylation is 1. The van der Waals surface area contributed by atoms with Gasteiger partial charge in [-0.05, 0) is 40.5 Å². The highest BCUT2D eigenvalue weighted by Crippen LogP contribution is 2.32. The molecular formula is C18H17BrN4O3S3. The van der Waals surface area contributed by atoms with Crippen LogP contribution in [0.4, 0.5) is 5.82 Å². The topological polar surface area (TPSA) is 115 Å². The minimum atomic E-state index is -3.79. The number of carbonyl (C=O) groups is 1. The molecule has 0 atom stereocenters. The Labute approximate surface area is 185 Å². The summed E-state index contributed by atoms with van der Waals surface area (Å²) in [5, 5.41) is 3.05. The molecule has 2 aromatic heterocycles. The zero-order chi connectivity index (χ0) is 21.0. The third kappa shape index (κ3) is 5.56. The van der Waals surface area contributed by atoms with Crippen molar-refractivity contribution < 1.29 is 13.2 Å². The summed E-state index contributed by atoms with van der Waals surface area (Å²) in [7, 11) is -3.79. The van der Waals surface area contributed by atoms with Gasteiger partial charge in [0, 0.05) is 6.54 Å². The highest BCUT2D eigenvalue weighted by atomic mass is 79.9. The monoisotopic (exact) mass is 512 g/mol. The number of thioether (sulfide) groups is 1. The average molecular weight is 513 g/mol. The second kappa shape index (κ2) is 9.24. The lowest BCUT2D eigenvalue weighted by molar-refractivity contribution is -0.118. The summed E-state index contributed by atoms with van der Waals surface area (Å²) in [6.45, 7) is 2.43. The lowest BCUT2D eigenvalue weighted by Gasteiger charge is -2.07. The number of nitrogens with zero attached hydrogens (tertiary/aromatic N) is 2. The zero-order valence-corrected chi connectivity index (χ0v) is 19.3. The smallest absolute Gasteiger partial charge is 0.230 e. The molecule has 0 fully saturated rings. The highest BCUT2D eigenvalue weighted by molar-refractivity contribution is 9.11. The fraction of sp³-hybridized carbons (Fsp3) is 0.167. The van der Waals surface area contributed by atoms with E-state index in [-0.39, 0.29) is 31.7 Å². The van der Waals surface area contributed by atoms with Crippen LogP contribution in [0, 0.1) is 6.92 Å². The molecule has 1 amide bonds. The predicted molar refractivity (Wildman–Crippen MR) is 118 cm³/mol. The van der Waals surface area contributed by atoms with Crippen LogP contribution in [0.25, 0.3) is 0 Å². The summed E-state index contributed by atoms with van der Waals surface area (Å²) in [5.41, 5.74) is 8.01. The number of nitrogen functional groups attached to an aromatic ring is 1. The molecule has 2 heterocycles. The number of aromatic nitrogens is 2. The number of rotatable bonds is 7. The maximum atomic E-state index is 12.6. The first-order chi connectivity index (χ1) is 13.8. The van der Waals surface area contributed by atoms with Gasteiger partial charge in [0.1, 0.15) is 14.9 Å². The maximum Gasteiger partial charge on any atom is 0.230 e. The fourth-order valence-electron chi connectivity index (χ4n) is 2.28.